The molecule has 0 amide bonds. The molecule has 9 aromatic rings. The first kappa shape index (κ1) is 37.9. The minimum Gasteiger partial charge on any atom is -0.310 e. The van der Waals surface area contributed by atoms with Crippen molar-refractivity contribution in [2.24, 2.45) is 0 Å². The number of anilines is 9. The van der Waals surface area contributed by atoms with Gasteiger partial charge in [0.2, 0.25) is 0 Å². The molecule has 0 saturated carbocycles. The van der Waals surface area contributed by atoms with Crippen molar-refractivity contribution in [3.8, 4) is 6.07 Å². The third-order valence-electron chi connectivity index (χ3n) is 12.1. The summed E-state index contributed by atoms with van der Waals surface area (Å²) in [6, 6.07) is 82.1. The predicted molar refractivity (Wildman–Crippen MR) is 263 cm³/mol. The van der Waals surface area contributed by atoms with E-state index in [-0.39, 0.29) is 0 Å². The van der Waals surface area contributed by atoms with Gasteiger partial charge in [-0.25, -0.2) is 4.85 Å². The second-order valence-electron chi connectivity index (χ2n) is 15.6. The Kier molecular flexibility index (Phi) is 9.47. The zero-order chi connectivity index (χ0) is 42.3. The average molecular weight is 840 g/mol. The SMILES string of the molecule is [C-]#[N+]c1ccc(N(c2ccc(C#N)cc2)c2cc(N3c4ccccc4Sc4ccccc43)cc(N3c4ccccc4[Si](c4ccccc4)(c4ccccc4)c4ccccc43)c2)cc1. The maximum absolute atomic E-state index is 9.82. The number of rotatable bonds is 7. The lowest BCUT2D eigenvalue weighted by Crippen LogP contribution is -2.77. The molecule has 0 aromatic heterocycles. The molecule has 0 fully saturated rings. The lowest BCUT2D eigenvalue weighted by molar-refractivity contribution is 1.16. The van der Waals surface area contributed by atoms with E-state index in [1.54, 1.807) is 11.8 Å². The van der Waals surface area contributed by atoms with Crippen molar-refractivity contribution in [1.29, 1.82) is 5.26 Å². The van der Waals surface area contributed by atoms with Crippen molar-refractivity contribution in [3.05, 3.63) is 241 Å². The molecular weight excluding hydrogens is 803 g/mol. The molecule has 0 unspecified atom stereocenters. The van der Waals surface area contributed by atoms with Crippen LogP contribution in [0.15, 0.2) is 234 Å². The standard InChI is InChI=1S/C56H37N5SSi/c1-58-41-30-34-43(35-31-41)59(42-32-28-40(39-57)29-33-42)44-36-45(60-49-20-8-12-24-53(49)62-54-25-13-9-21-50(54)60)38-46(37-44)61-51-22-10-14-26-55(51)63(47-16-4-2-5-17-47,48-18-6-3-7-19-48)56-27-15-11-23-52(56)61/h2-38H. The number of para-hydroxylation sites is 4. The first-order chi connectivity index (χ1) is 31.1. The molecule has 0 saturated heterocycles. The van der Waals surface area contributed by atoms with Gasteiger partial charge in [0.15, 0.2) is 13.8 Å². The predicted octanol–water partition coefficient (Wildman–Crippen LogP) is 12.7. The summed E-state index contributed by atoms with van der Waals surface area (Å²) in [5, 5.41) is 15.1. The van der Waals surface area contributed by atoms with Crippen molar-refractivity contribution in [1.82, 2.24) is 0 Å². The second kappa shape index (κ2) is 15.8. The van der Waals surface area contributed by atoms with Crippen LogP contribution in [0.5, 0.6) is 0 Å². The van der Waals surface area contributed by atoms with Crippen LogP contribution in [0.2, 0.25) is 0 Å². The quantitative estimate of drug-likeness (QED) is 0.118. The van der Waals surface area contributed by atoms with E-state index in [4.69, 9.17) is 6.57 Å². The first-order valence-corrected chi connectivity index (χ1v) is 23.7. The maximum Gasteiger partial charge on any atom is 0.187 e. The normalized spacial score (nSPS) is 13.0. The fraction of sp³-hybridized carbons (Fsp3) is 0. The van der Waals surface area contributed by atoms with Crippen LogP contribution in [0.4, 0.5) is 56.9 Å². The molecule has 9 aromatic carbocycles. The lowest BCUT2D eigenvalue weighted by atomic mass is 10.1. The Bertz CT molecular complexity index is 3060. The molecule has 0 bridgehead atoms. The molecule has 2 aliphatic heterocycles. The number of nitriles is 1. The zero-order valence-electron chi connectivity index (χ0n) is 34.0. The van der Waals surface area contributed by atoms with Gasteiger partial charge in [-0.05, 0) is 112 Å². The van der Waals surface area contributed by atoms with Gasteiger partial charge in [-0.2, -0.15) is 5.26 Å². The summed E-state index contributed by atoms with van der Waals surface area (Å²) < 4.78 is 0. The van der Waals surface area contributed by atoms with Crippen LogP contribution in [0.1, 0.15) is 5.56 Å². The lowest BCUT2D eigenvalue weighted by Gasteiger charge is -2.45. The van der Waals surface area contributed by atoms with Gasteiger partial charge in [-0.1, -0.05) is 145 Å². The van der Waals surface area contributed by atoms with Crippen LogP contribution in [0.25, 0.3) is 4.85 Å². The van der Waals surface area contributed by atoms with Crippen LogP contribution in [0, 0.1) is 17.9 Å². The van der Waals surface area contributed by atoms with E-state index in [2.05, 4.69) is 202 Å². The Morgan fingerprint density at radius 3 is 1.38 bits per heavy atom. The number of hydrogen-bond acceptors (Lipinski definition) is 5. The first-order valence-electron chi connectivity index (χ1n) is 20.8. The van der Waals surface area contributed by atoms with Gasteiger partial charge >= 0.3 is 0 Å². The third-order valence-corrected chi connectivity index (χ3v) is 18.1. The number of nitrogens with zero attached hydrogens (tertiary/aromatic N) is 5. The molecule has 7 heteroatoms. The molecule has 2 heterocycles. The van der Waals surface area contributed by atoms with Gasteiger partial charge < -0.3 is 14.7 Å². The summed E-state index contributed by atoms with van der Waals surface area (Å²) in [5.41, 5.74) is 10.3. The fourth-order valence-electron chi connectivity index (χ4n) is 9.45. The van der Waals surface area contributed by atoms with Crippen LogP contribution >= 0.6 is 11.8 Å². The van der Waals surface area contributed by atoms with E-state index in [0.717, 1.165) is 51.2 Å². The molecule has 0 N–H and O–H groups in total. The van der Waals surface area contributed by atoms with Crippen molar-refractivity contribution in [2.45, 2.75) is 9.79 Å². The topological polar surface area (TPSA) is 37.9 Å². The number of benzene rings is 9. The maximum atomic E-state index is 9.82. The Morgan fingerprint density at radius 1 is 0.460 bits per heavy atom. The Balaban J connectivity index is 1.22. The molecule has 2 aliphatic rings. The molecule has 0 atom stereocenters. The van der Waals surface area contributed by atoms with E-state index in [1.807, 2.05) is 48.5 Å². The molecule has 0 spiro atoms. The molecule has 296 valence electrons. The van der Waals surface area contributed by atoms with Gasteiger partial charge in [0.05, 0.1) is 46.6 Å². The van der Waals surface area contributed by atoms with E-state index >= 15 is 0 Å². The Labute approximate surface area is 372 Å². The summed E-state index contributed by atoms with van der Waals surface area (Å²) >= 11 is 1.79. The average Bonchev–Trinajstić information content (AvgIpc) is 3.35. The minimum atomic E-state index is -2.87. The summed E-state index contributed by atoms with van der Waals surface area (Å²) in [6.07, 6.45) is 0. The van der Waals surface area contributed by atoms with E-state index in [1.165, 1.54) is 30.5 Å². The number of hydrogen-bond donors (Lipinski definition) is 0. The second-order valence-corrected chi connectivity index (χ2v) is 20.4. The Hall–Kier alpha value is -8.07. The van der Waals surface area contributed by atoms with Gasteiger partial charge in [0.25, 0.3) is 0 Å². The van der Waals surface area contributed by atoms with Gasteiger partial charge in [-0.15, -0.1) is 0 Å². The molecule has 0 radical (unpaired) electrons. The van der Waals surface area contributed by atoms with Crippen LogP contribution in [-0.4, -0.2) is 8.07 Å². The molecular formula is C56H37N5SSi. The van der Waals surface area contributed by atoms with Crippen LogP contribution in [-0.2, 0) is 0 Å². The highest BCUT2D eigenvalue weighted by Crippen LogP contribution is 2.53. The fourth-order valence-corrected chi connectivity index (χ4v) is 15.6. The monoisotopic (exact) mass is 839 g/mol. The summed E-state index contributed by atoms with van der Waals surface area (Å²) in [4.78, 5) is 13.2. The largest absolute Gasteiger partial charge is 0.310 e. The number of fused-ring (bicyclic) bond motifs is 4. The van der Waals surface area contributed by atoms with Crippen molar-refractivity contribution >= 4 is 97.5 Å². The third kappa shape index (κ3) is 6.30. The summed E-state index contributed by atoms with van der Waals surface area (Å²) in [6.45, 7) is 7.72. The Morgan fingerprint density at radius 2 is 0.889 bits per heavy atom. The van der Waals surface area contributed by atoms with Crippen molar-refractivity contribution in [3.63, 3.8) is 0 Å². The minimum absolute atomic E-state index is 0.568. The van der Waals surface area contributed by atoms with Crippen molar-refractivity contribution in [2.75, 3.05) is 14.7 Å². The van der Waals surface area contributed by atoms with E-state index in [9.17, 15) is 5.26 Å². The van der Waals surface area contributed by atoms with Gasteiger partial charge in [0, 0.05) is 32.5 Å². The van der Waals surface area contributed by atoms with E-state index in [0.29, 0.717) is 11.3 Å². The zero-order valence-corrected chi connectivity index (χ0v) is 35.8. The highest BCUT2D eigenvalue weighted by molar-refractivity contribution is 7.99. The molecule has 5 nitrogen and oxygen atoms in total. The van der Waals surface area contributed by atoms with E-state index < -0.39 is 8.07 Å². The highest BCUT2D eigenvalue weighted by Gasteiger charge is 2.48. The summed E-state index contributed by atoms with van der Waals surface area (Å²) in [7, 11) is -2.87. The summed E-state index contributed by atoms with van der Waals surface area (Å²) in [5.74, 6) is 0. The smallest absolute Gasteiger partial charge is 0.187 e. The van der Waals surface area contributed by atoms with Gasteiger partial charge in [0.1, 0.15) is 0 Å². The molecule has 11 rings (SSSR count). The molecule has 63 heavy (non-hydrogen) atoms. The molecule has 0 aliphatic carbocycles. The van der Waals surface area contributed by atoms with Crippen LogP contribution in [0.3, 0.4) is 0 Å². The van der Waals surface area contributed by atoms with Crippen molar-refractivity contribution < 1.29 is 0 Å². The highest BCUT2D eigenvalue weighted by atomic mass is 32.2. The van der Waals surface area contributed by atoms with Gasteiger partial charge in [-0.3, -0.25) is 0 Å². The van der Waals surface area contributed by atoms with Crippen LogP contribution < -0.4 is 35.4 Å².